The summed E-state index contributed by atoms with van der Waals surface area (Å²) < 4.78 is 5.67. The quantitative estimate of drug-likeness (QED) is 0.852. The molecule has 1 saturated heterocycles. The monoisotopic (exact) mass is 260 g/mol. The summed E-state index contributed by atoms with van der Waals surface area (Å²) >= 11 is 0. The van der Waals surface area contributed by atoms with Gasteiger partial charge in [0.15, 0.2) is 6.10 Å². The average molecular weight is 260 g/mol. The number of para-hydroxylation sites is 1. The Hall–Kier alpha value is -1.55. The molecule has 2 heterocycles. The molecule has 0 bridgehead atoms. The van der Waals surface area contributed by atoms with Crippen LogP contribution in [0.1, 0.15) is 18.4 Å². The molecule has 1 aromatic carbocycles. The topological polar surface area (TPSA) is 50.4 Å². The second kappa shape index (κ2) is 5.61. The molecule has 2 atom stereocenters. The maximum atomic E-state index is 12.0. The van der Waals surface area contributed by atoms with Crippen molar-refractivity contribution in [3.05, 3.63) is 29.8 Å². The zero-order valence-electron chi connectivity index (χ0n) is 11.0. The highest BCUT2D eigenvalue weighted by Crippen LogP contribution is 2.28. The highest BCUT2D eigenvalue weighted by Gasteiger charge is 2.28. The van der Waals surface area contributed by atoms with Gasteiger partial charge in [0.25, 0.3) is 5.91 Å². The van der Waals surface area contributed by atoms with Crippen LogP contribution in [0.5, 0.6) is 5.75 Å². The Balaban J connectivity index is 1.44. The van der Waals surface area contributed by atoms with Crippen molar-refractivity contribution >= 4 is 5.91 Å². The van der Waals surface area contributed by atoms with E-state index in [0.717, 1.165) is 37.4 Å². The maximum Gasteiger partial charge on any atom is 0.261 e. The van der Waals surface area contributed by atoms with Crippen LogP contribution in [0.4, 0.5) is 0 Å². The molecular weight excluding hydrogens is 240 g/mol. The smallest absolute Gasteiger partial charge is 0.261 e. The van der Waals surface area contributed by atoms with E-state index in [-0.39, 0.29) is 12.0 Å². The van der Waals surface area contributed by atoms with Gasteiger partial charge in [-0.25, -0.2) is 0 Å². The molecule has 0 radical (unpaired) electrons. The number of carbonyl (C=O) groups is 1. The average Bonchev–Trinajstić information content (AvgIpc) is 3.07. The van der Waals surface area contributed by atoms with Gasteiger partial charge < -0.3 is 15.4 Å². The number of rotatable bonds is 4. The molecule has 3 rings (SSSR count). The van der Waals surface area contributed by atoms with Crippen molar-refractivity contribution in [2.45, 2.75) is 25.4 Å². The summed E-state index contributed by atoms with van der Waals surface area (Å²) in [6, 6.07) is 7.86. The molecule has 2 aliphatic heterocycles. The number of amides is 1. The van der Waals surface area contributed by atoms with E-state index in [1.54, 1.807) is 0 Å². The molecular formula is C15H20N2O2. The summed E-state index contributed by atoms with van der Waals surface area (Å²) in [6.07, 6.45) is 2.62. The lowest BCUT2D eigenvalue weighted by Crippen LogP contribution is -2.38. The molecule has 19 heavy (non-hydrogen) atoms. The van der Waals surface area contributed by atoms with Gasteiger partial charge in [-0.3, -0.25) is 4.79 Å². The van der Waals surface area contributed by atoms with Gasteiger partial charge >= 0.3 is 0 Å². The molecule has 2 aliphatic rings. The number of carbonyl (C=O) groups excluding carboxylic acids is 1. The van der Waals surface area contributed by atoms with Gasteiger partial charge in [0.05, 0.1) is 0 Å². The van der Waals surface area contributed by atoms with Gasteiger partial charge in [-0.15, -0.1) is 0 Å². The standard InChI is InChI=1S/C15H20N2O2/c18-15(17-8-6-11-5-7-16-10-11)14-9-12-3-1-2-4-13(12)19-14/h1-4,11,14,16H,5-10H2,(H,17,18). The molecule has 2 N–H and O–H groups in total. The third kappa shape index (κ3) is 2.89. The van der Waals surface area contributed by atoms with Crippen LogP contribution in [0.25, 0.3) is 0 Å². The summed E-state index contributed by atoms with van der Waals surface area (Å²) in [5, 5.41) is 6.33. The number of ether oxygens (including phenoxy) is 1. The Kier molecular flexibility index (Phi) is 3.69. The Morgan fingerprint density at radius 3 is 3.11 bits per heavy atom. The van der Waals surface area contributed by atoms with Crippen LogP contribution in [0.3, 0.4) is 0 Å². The SMILES string of the molecule is O=C(NCCC1CCNC1)C1Cc2ccccc2O1. The molecule has 4 nitrogen and oxygen atoms in total. The van der Waals surface area contributed by atoms with E-state index in [1.165, 1.54) is 6.42 Å². The predicted octanol–water partition coefficient (Wildman–Crippen LogP) is 1.11. The molecule has 0 aromatic heterocycles. The highest BCUT2D eigenvalue weighted by molar-refractivity contribution is 5.82. The van der Waals surface area contributed by atoms with Gasteiger partial charge in [0.1, 0.15) is 5.75 Å². The van der Waals surface area contributed by atoms with Gasteiger partial charge in [-0.05, 0) is 43.5 Å². The van der Waals surface area contributed by atoms with Gasteiger partial charge in [-0.1, -0.05) is 18.2 Å². The maximum absolute atomic E-state index is 12.0. The van der Waals surface area contributed by atoms with Crippen LogP contribution >= 0.6 is 0 Å². The summed E-state index contributed by atoms with van der Waals surface area (Å²) in [6.45, 7) is 2.95. The molecule has 4 heteroatoms. The summed E-state index contributed by atoms with van der Waals surface area (Å²) in [4.78, 5) is 12.0. The number of nitrogens with one attached hydrogen (secondary N) is 2. The molecule has 2 unspecified atom stereocenters. The summed E-state index contributed by atoms with van der Waals surface area (Å²) in [5.74, 6) is 1.58. The predicted molar refractivity (Wildman–Crippen MR) is 73.2 cm³/mol. The van der Waals surface area contributed by atoms with E-state index in [9.17, 15) is 4.79 Å². The lowest BCUT2D eigenvalue weighted by atomic mass is 10.1. The number of hydrogen-bond acceptors (Lipinski definition) is 3. The Morgan fingerprint density at radius 1 is 1.42 bits per heavy atom. The van der Waals surface area contributed by atoms with Crippen molar-refractivity contribution in [1.29, 1.82) is 0 Å². The first-order valence-electron chi connectivity index (χ1n) is 7.06. The van der Waals surface area contributed by atoms with Crippen molar-refractivity contribution in [1.82, 2.24) is 10.6 Å². The molecule has 102 valence electrons. The number of benzene rings is 1. The highest BCUT2D eigenvalue weighted by atomic mass is 16.5. The van der Waals surface area contributed by atoms with Gasteiger partial charge in [0, 0.05) is 13.0 Å². The van der Waals surface area contributed by atoms with Crippen LogP contribution in [0.15, 0.2) is 24.3 Å². The fraction of sp³-hybridized carbons (Fsp3) is 0.533. The molecule has 0 spiro atoms. The summed E-state index contributed by atoms with van der Waals surface area (Å²) in [7, 11) is 0. The van der Waals surface area contributed by atoms with Crippen LogP contribution in [-0.2, 0) is 11.2 Å². The van der Waals surface area contributed by atoms with Crippen LogP contribution in [0.2, 0.25) is 0 Å². The van der Waals surface area contributed by atoms with Gasteiger partial charge in [0.2, 0.25) is 0 Å². The van der Waals surface area contributed by atoms with E-state index >= 15 is 0 Å². The van der Waals surface area contributed by atoms with Crippen molar-refractivity contribution in [2.24, 2.45) is 5.92 Å². The van der Waals surface area contributed by atoms with Crippen molar-refractivity contribution in [3.8, 4) is 5.75 Å². The lowest BCUT2D eigenvalue weighted by Gasteiger charge is -2.13. The van der Waals surface area contributed by atoms with Crippen LogP contribution in [0, 0.1) is 5.92 Å². The first-order valence-corrected chi connectivity index (χ1v) is 7.06. The minimum atomic E-state index is -0.348. The third-order valence-corrected chi connectivity index (χ3v) is 3.95. The first-order chi connectivity index (χ1) is 9.33. The van der Waals surface area contributed by atoms with Crippen molar-refractivity contribution in [2.75, 3.05) is 19.6 Å². The Morgan fingerprint density at radius 2 is 2.32 bits per heavy atom. The van der Waals surface area contributed by atoms with E-state index in [0.29, 0.717) is 12.3 Å². The second-order valence-corrected chi connectivity index (χ2v) is 5.36. The number of fused-ring (bicyclic) bond motifs is 1. The lowest BCUT2D eigenvalue weighted by molar-refractivity contribution is -0.127. The molecule has 0 aliphatic carbocycles. The van der Waals surface area contributed by atoms with Crippen LogP contribution in [-0.4, -0.2) is 31.6 Å². The van der Waals surface area contributed by atoms with Crippen molar-refractivity contribution in [3.63, 3.8) is 0 Å². The fourth-order valence-electron chi connectivity index (χ4n) is 2.80. The largest absolute Gasteiger partial charge is 0.480 e. The minimum absolute atomic E-state index is 0.0159. The third-order valence-electron chi connectivity index (χ3n) is 3.95. The van der Waals surface area contributed by atoms with E-state index in [2.05, 4.69) is 10.6 Å². The first kappa shape index (κ1) is 12.5. The second-order valence-electron chi connectivity index (χ2n) is 5.36. The molecule has 1 amide bonds. The van der Waals surface area contributed by atoms with Crippen LogP contribution < -0.4 is 15.4 Å². The minimum Gasteiger partial charge on any atom is -0.480 e. The number of hydrogen-bond donors (Lipinski definition) is 2. The van der Waals surface area contributed by atoms with E-state index < -0.39 is 0 Å². The molecule has 0 saturated carbocycles. The van der Waals surface area contributed by atoms with Gasteiger partial charge in [-0.2, -0.15) is 0 Å². The van der Waals surface area contributed by atoms with E-state index in [1.807, 2.05) is 24.3 Å². The zero-order valence-corrected chi connectivity index (χ0v) is 11.0. The molecule has 1 aromatic rings. The zero-order chi connectivity index (χ0) is 13.1. The normalized spacial score (nSPS) is 24.8. The summed E-state index contributed by atoms with van der Waals surface area (Å²) in [5.41, 5.74) is 1.13. The van der Waals surface area contributed by atoms with E-state index in [4.69, 9.17) is 4.74 Å². The Bertz CT molecular complexity index is 430. The molecule has 1 fully saturated rings. The van der Waals surface area contributed by atoms with Crippen molar-refractivity contribution < 1.29 is 9.53 Å². The fourth-order valence-corrected chi connectivity index (χ4v) is 2.80. The Labute approximate surface area is 113 Å².